The highest BCUT2D eigenvalue weighted by atomic mass is 32.1. The van der Waals surface area contributed by atoms with E-state index in [1.54, 1.807) is 30.5 Å². The molecule has 0 aliphatic rings. The maximum atomic E-state index is 11.1. The molecule has 1 aromatic carbocycles. The second-order valence-corrected chi connectivity index (χ2v) is 7.15. The molecule has 0 radical (unpaired) electrons. The van der Waals surface area contributed by atoms with Crippen LogP contribution in [0.15, 0.2) is 46.8 Å². The molecule has 0 bridgehead atoms. The van der Waals surface area contributed by atoms with Gasteiger partial charge in [-0.3, -0.25) is 9.79 Å². The Labute approximate surface area is 147 Å². The molecule has 0 saturated carbocycles. The first kappa shape index (κ1) is 18.0. The lowest BCUT2D eigenvalue weighted by molar-refractivity contribution is 0.100. The minimum absolute atomic E-state index is 0.0366. The Bertz CT molecular complexity index is 690. The molecule has 2 aromatic rings. The molecule has 0 saturated heterocycles. The van der Waals surface area contributed by atoms with Gasteiger partial charge in [0.25, 0.3) is 0 Å². The molecule has 1 heterocycles. The number of carbonyl (C=O) groups is 1. The summed E-state index contributed by atoms with van der Waals surface area (Å²) in [5.74, 6) is 0.335. The van der Waals surface area contributed by atoms with Crippen molar-refractivity contribution in [1.29, 1.82) is 0 Å². The van der Waals surface area contributed by atoms with E-state index in [0.717, 1.165) is 18.1 Å². The van der Waals surface area contributed by atoms with E-state index >= 15 is 0 Å². The molecule has 2 rings (SSSR count). The standard InChI is InChI=1S/C18H24N4OS/c1-18(2,15-5-4-10-24-15)12-22-17(20-3)21-11-13-6-8-14(9-7-13)16(19)23/h4-10H,11-12H2,1-3H3,(H2,19,23)(H2,20,21,22). The Balaban J connectivity index is 1.87. The van der Waals surface area contributed by atoms with E-state index in [2.05, 4.69) is 47.0 Å². The minimum atomic E-state index is -0.414. The van der Waals surface area contributed by atoms with Crippen molar-refractivity contribution in [2.24, 2.45) is 10.7 Å². The molecule has 128 valence electrons. The van der Waals surface area contributed by atoms with Crippen molar-refractivity contribution < 1.29 is 4.79 Å². The molecule has 4 N–H and O–H groups in total. The number of hydrogen-bond donors (Lipinski definition) is 3. The third-order valence-corrected chi connectivity index (χ3v) is 5.04. The van der Waals surface area contributed by atoms with Crippen LogP contribution in [0.25, 0.3) is 0 Å². The fourth-order valence-electron chi connectivity index (χ4n) is 2.25. The van der Waals surface area contributed by atoms with Crippen LogP contribution in [0, 0.1) is 0 Å². The molecular weight excluding hydrogens is 320 g/mol. The van der Waals surface area contributed by atoms with Gasteiger partial charge in [0.05, 0.1) is 0 Å². The van der Waals surface area contributed by atoms with Crippen LogP contribution in [0.2, 0.25) is 0 Å². The molecule has 0 spiro atoms. The summed E-state index contributed by atoms with van der Waals surface area (Å²) < 4.78 is 0. The van der Waals surface area contributed by atoms with E-state index in [9.17, 15) is 4.79 Å². The lowest BCUT2D eigenvalue weighted by atomic mass is 9.91. The Kier molecular flexibility index (Phi) is 5.98. The average molecular weight is 344 g/mol. The van der Waals surface area contributed by atoms with Gasteiger partial charge in [-0.15, -0.1) is 11.3 Å². The fraction of sp³-hybridized carbons (Fsp3) is 0.333. The molecule has 24 heavy (non-hydrogen) atoms. The molecule has 5 nitrogen and oxygen atoms in total. The average Bonchev–Trinajstić information content (AvgIpc) is 3.11. The summed E-state index contributed by atoms with van der Waals surface area (Å²) in [5, 5.41) is 8.74. The Hall–Kier alpha value is -2.34. The summed E-state index contributed by atoms with van der Waals surface area (Å²) in [7, 11) is 1.75. The van der Waals surface area contributed by atoms with Crippen molar-refractivity contribution in [2.75, 3.05) is 13.6 Å². The van der Waals surface area contributed by atoms with Crippen LogP contribution in [0.4, 0.5) is 0 Å². The zero-order valence-corrected chi connectivity index (χ0v) is 15.1. The topological polar surface area (TPSA) is 79.5 Å². The van der Waals surface area contributed by atoms with Gasteiger partial charge in [-0.05, 0) is 29.1 Å². The number of nitrogens with two attached hydrogens (primary N) is 1. The Morgan fingerprint density at radius 3 is 2.46 bits per heavy atom. The van der Waals surface area contributed by atoms with Crippen molar-refractivity contribution in [3.8, 4) is 0 Å². The van der Waals surface area contributed by atoms with Gasteiger partial charge in [-0.2, -0.15) is 0 Å². The molecular formula is C18H24N4OS. The number of primary amides is 1. The van der Waals surface area contributed by atoms with E-state index in [4.69, 9.17) is 5.73 Å². The van der Waals surface area contributed by atoms with Gasteiger partial charge < -0.3 is 16.4 Å². The molecule has 6 heteroatoms. The van der Waals surface area contributed by atoms with Crippen LogP contribution in [0.1, 0.15) is 34.6 Å². The Morgan fingerprint density at radius 1 is 1.21 bits per heavy atom. The number of aliphatic imine (C=N–C) groups is 1. The molecule has 1 aromatic heterocycles. The van der Waals surface area contributed by atoms with Crippen LogP contribution in [-0.2, 0) is 12.0 Å². The van der Waals surface area contributed by atoms with Crippen molar-refractivity contribution in [1.82, 2.24) is 10.6 Å². The molecule has 0 aliphatic carbocycles. The van der Waals surface area contributed by atoms with E-state index in [0.29, 0.717) is 12.1 Å². The fourth-order valence-corrected chi connectivity index (χ4v) is 3.10. The number of nitrogens with one attached hydrogen (secondary N) is 2. The first-order valence-electron chi connectivity index (χ1n) is 7.79. The van der Waals surface area contributed by atoms with Gasteiger partial charge in [0, 0.05) is 36.0 Å². The zero-order chi connectivity index (χ0) is 17.6. The predicted molar refractivity (Wildman–Crippen MR) is 101 cm³/mol. The summed E-state index contributed by atoms with van der Waals surface area (Å²) in [4.78, 5) is 16.7. The monoisotopic (exact) mass is 344 g/mol. The summed E-state index contributed by atoms with van der Waals surface area (Å²) >= 11 is 1.76. The number of benzene rings is 1. The van der Waals surface area contributed by atoms with Crippen LogP contribution in [0.3, 0.4) is 0 Å². The minimum Gasteiger partial charge on any atom is -0.366 e. The SMILES string of the molecule is CN=C(NCc1ccc(C(N)=O)cc1)NCC(C)(C)c1cccs1. The smallest absolute Gasteiger partial charge is 0.248 e. The number of amides is 1. The molecule has 0 fully saturated rings. The van der Waals surface area contributed by atoms with Crippen LogP contribution in [-0.4, -0.2) is 25.5 Å². The van der Waals surface area contributed by atoms with Gasteiger partial charge in [0.2, 0.25) is 5.91 Å². The third kappa shape index (κ3) is 4.83. The maximum Gasteiger partial charge on any atom is 0.248 e. The van der Waals surface area contributed by atoms with Crippen molar-refractivity contribution in [2.45, 2.75) is 25.8 Å². The second kappa shape index (κ2) is 7.97. The van der Waals surface area contributed by atoms with Crippen molar-refractivity contribution in [3.05, 3.63) is 57.8 Å². The number of hydrogen-bond acceptors (Lipinski definition) is 3. The van der Waals surface area contributed by atoms with E-state index in [-0.39, 0.29) is 5.41 Å². The van der Waals surface area contributed by atoms with Crippen LogP contribution in [0.5, 0.6) is 0 Å². The summed E-state index contributed by atoms with van der Waals surface area (Å²) in [6, 6.07) is 11.5. The van der Waals surface area contributed by atoms with Gasteiger partial charge >= 0.3 is 0 Å². The number of thiophene rings is 1. The molecule has 0 aliphatic heterocycles. The lowest BCUT2D eigenvalue weighted by Gasteiger charge is -2.25. The first-order valence-corrected chi connectivity index (χ1v) is 8.67. The number of carbonyl (C=O) groups excluding carboxylic acids is 1. The summed E-state index contributed by atoms with van der Waals surface area (Å²) in [5.41, 5.74) is 6.85. The largest absolute Gasteiger partial charge is 0.366 e. The van der Waals surface area contributed by atoms with E-state index in [1.165, 1.54) is 4.88 Å². The zero-order valence-electron chi connectivity index (χ0n) is 14.3. The third-order valence-electron chi connectivity index (χ3n) is 3.81. The van der Waals surface area contributed by atoms with Crippen LogP contribution < -0.4 is 16.4 Å². The number of nitrogens with zero attached hydrogens (tertiary/aromatic N) is 1. The molecule has 0 atom stereocenters. The predicted octanol–water partition coefficient (Wildman–Crippen LogP) is 2.49. The molecule has 1 amide bonds. The Morgan fingerprint density at radius 2 is 1.92 bits per heavy atom. The van der Waals surface area contributed by atoms with Gasteiger partial charge in [0.1, 0.15) is 0 Å². The number of guanidine groups is 1. The number of rotatable bonds is 6. The maximum absolute atomic E-state index is 11.1. The second-order valence-electron chi connectivity index (χ2n) is 6.20. The first-order chi connectivity index (χ1) is 11.4. The van der Waals surface area contributed by atoms with Crippen molar-refractivity contribution >= 4 is 23.2 Å². The van der Waals surface area contributed by atoms with E-state index in [1.807, 2.05) is 12.1 Å². The molecule has 0 unspecified atom stereocenters. The summed E-state index contributed by atoms with van der Waals surface area (Å²) in [6.07, 6.45) is 0. The highest BCUT2D eigenvalue weighted by molar-refractivity contribution is 7.10. The van der Waals surface area contributed by atoms with Gasteiger partial charge in [0.15, 0.2) is 5.96 Å². The van der Waals surface area contributed by atoms with Crippen LogP contribution >= 0.6 is 11.3 Å². The van der Waals surface area contributed by atoms with E-state index < -0.39 is 5.91 Å². The highest BCUT2D eigenvalue weighted by Crippen LogP contribution is 2.26. The normalized spacial score (nSPS) is 12.0. The summed E-state index contributed by atoms with van der Waals surface area (Å²) in [6.45, 7) is 5.83. The van der Waals surface area contributed by atoms with Gasteiger partial charge in [-0.25, -0.2) is 0 Å². The quantitative estimate of drug-likeness (QED) is 0.556. The lowest BCUT2D eigenvalue weighted by Crippen LogP contribution is -2.42. The highest BCUT2D eigenvalue weighted by Gasteiger charge is 2.21. The van der Waals surface area contributed by atoms with Gasteiger partial charge in [-0.1, -0.05) is 32.0 Å². The van der Waals surface area contributed by atoms with Crippen molar-refractivity contribution in [3.63, 3.8) is 0 Å².